The summed E-state index contributed by atoms with van der Waals surface area (Å²) in [7, 11) is 0. The van der Waals surface area contributed by atoms with Gasteiger partial charge in [-0.25, -0.2) is 0 Å². The van der Waals surface area contributed by atoms with Gasteiger partial charge in [0.15, 0.2) is 0 Å². The van der Waals surface area contributed by atoms with Crippen LogP contribution in [0.2, 0.25) is 0 Å². The molecule has 6 nitrogen and oxygen atoms in total. The molecule has 1 aromatic carbocycles. The van der Waals surface area contributed by atoms with Crippen molar-refractivity contribution in [2.45, 2.75) is 38.6 Å². The fourth-order valence-electron chi connectivity index (χ4n) is 3.12. The van der Waals surface area contributed by atoms with Crippen molar-refractivity contribution < 1.29 is 19.5 Å². The molecule has 2 rings (SSSR count). The number of aliphatic carboxylic acids is 1. The fraction of sp³-hybridized carbons (Fsp3) is 0.500. The molecule has 1 aliphatic rings. The minimum absolute atomic E-state index is 0.103. The predicted octanol–water partition coefficient (Wildman–Crippen LogP) is 1.45. The highest BCUT2D eigenvalue weighted by molar-refractivity contribution is 5.81. The van der Waals surface area contributed by atoms with Crippen LogP contribution < -0.4 is 5.32 Å². The van der Waals surface area contributed by atoms with Crippen LogP contribution in [0.25, 0.3) is 0 Å². The van der Waals surface area contributed by atoms with Gasteiger partial charge in [0.1, 0.15) is 0 Å². The van der Waals surface area contributed by atoms with Crippen molar-refractivity contribution in [3.63, 3.8) is 0 Å². The average Bonchev–Trinajstić information content (AvgIpc) is 2.55. The number of carbonyl (C=O) groups is 3. The highest BCUT2D eigenvalue weighted by atomic mass is 16.4. The maximum atomic E-state index is 12.3. The van der Waals surface area contributed by atoms with Crippen LogP contribution >= 0.6 is 0 Å². The number of carbonyl (C=O) groups excluding carboxylic acids is 2. The highest BCUT2D eigenvalue weighted by Crippen LogP contribution is 2.24. The molecule has 1 aliphatic heterocycles. The normalized spacial score (nSPS) is 20.5. The van der Waals surface area contributed by atoms with E-state index in [1.165, 1.54) is 0 Å². The molecule has 0 bridgehead atoms. The molecule has 0 saturated carbocycles. The monoisotopic (exact) mass is 332 g/mol. The van der Waals surface area contributed by atoms with E-state index in [4.69, 9.17) is 0 Å². The van der Waals surface area contributed by atoms with Gasteiger partial charge in [-0.15, -0.1) is 0 Å². The highest BCUT2D eigenvalue weighted by Gasteiger charge is 2.34. The lowest BCUT2D eigenvalue weighted by Crippen LogP contribution is -2.49. The maximum Gasteiger partial charge on any atom is 0.308 e. The maximum absolute atomic E-state index is 12.3. The van der Waals surface area contributed by atoms with Crippen molar-refractivity contribution in [1.82, 2.24) is 10.2 Å². The van der Waals surface area contributed by atoms with E-state index in [2.05, 4.69) is 5.32 Å². The third kappa shape index (κ3) is 4.81. The Morgan fingerprint density at radius 3 is 2.62 bits per heavy atom. The first kappa shape index (κ1) is 18.0. The van der Waals surface area contributed by atoms with Gasteiger partial charge in [0.05, 0.1) is 12.3 Å². The second kappa shape index (κ2) is 8.47. The molecule has 1 fully saturated rings. The van der Waals surface area contributed by atoms with Gasteiger partial charge in [-0.2, -0.15) is 0 Å². The van der Waals surface area contributed by atoms with Gasteiger partial charge in [-0.3, -0.25) is 14.4 Å². The second-order valence-electron chi connectivity index (χ2n) is 6.18. The lowest BCUT2D eigenvalue weighted by molar-refractivity contribution is -0.149. The molecule has 0 radical (unpaired) electrons. The van der Waals surface area contributed by atoms with Crippen LogP contribution in [-0.4, -0.2) is 46.9 Å². The summed E-state index contributed by atoms with van der Waals surface area (Å²) in [6, 6.07) is 9.11. The number of carboxylic acids is 1. The van der Waals surface area contributed by atoms with Crippen molar-refractivity contribution in [1.29, 1.82) is 0 Å². The summed E-state index contributed by atoms with van der Waals surface area (Å²) in [4.78, 5) is 37.0. The number of hydrogen-bond donors (Lipinski definition) is 2. The molecule has 2 atom stereocenters. The number of nitrogens with one attached hydrogen (secondary N) is 1. The van der Waals surface area contributed by atoms with E-state index in [0.29, 0.717) is 19.4 Å². The summed E-state index contributed by atoms with van der Waals surface area (Å²) in [5.74, 6) is -1.58. The Kier molecular flexibility index (Phi) is 6.35. The fourth-order valence-corrected chi connectivity index (χ4v) is 3.12. The molecule has 6 heteroatoms. The zero-order chi connectivity index (χ0) is 17.5. The van der Waals surface area contributed by atoms with Crippen molar-refractivity contribution >= 4 is 17.8 Å². The summed E-state index contributed by atoms with van der Waals surface area (Å²) < 4.78 is 0. The molecule has 1 aromatic rings. The number of benzene rings is 1. The van der Waals surface area contributed by atoms with Crippen LogP contribution in [0.4, 0.5) is 0 Å². The lowest BCUT2D eigenvalue weighted by Gasteiger charge is -2.37. The van der Waals surface area contributed by atoms with Crippen LogP contribution in [-0.2, 0) is 20.8 Å². The number of hydrogen-bond acceptors (Lipinski definition) is 3. The Morgan fingerprint density at radius 1 is 1.25 bits per heavy atom. The third-order valence-electron chi connectivity index (χ3n) is 4.49. The Bertz CT molecular complexity index is 588. The number of piperidine rings is 1. The van der Waals surface area contributed by atoms with E-state index in [9.17, 15) is 19.5 Å². The number of carboxylic acid groups (broad SMARTS) is 1. The van der Waals surface area contributed by atoms with E-state index in [1.807, 2.05) is 30.3 Å². The predicted molar refractivity (Wildman–Crippen MR) is 89.3 cm³/mol. The first-order valence-electron chi connectivity index (χ1n) is 8.32. The van der Waals surface area contributed by atoms with Crippen molar-refractivity contribution in [3.05, 3.63) is 35.9 Å². The Morgan fingerprint density at radius 2 is 1.96 bits per heavy atom. The van der Waals surface area contributed by atoms with Crippen molar-refractivity contribution in [2.75, 3.05) is 13.1 Å². The van der Waals surface area contributed by atoms with E-state index in [0.717, 1.165) is 5.56 Å². The standard InChI is InChI=1S/C18H24N2O4/c1-13-15(18(23)24)8-5-11-20(13)17(22)9-10-19-16(21)12-14-6-3-2-4-7-14/h2-4,6-7,13,15H,5,8-12H2,1H3,(H,19,21)(H,23,24)/t13-,15-/m1/s1. The second-order valence-corrected chi connectivity index (χ2v) is 6.18. The SMILES string of the molecule is C[C@@H]1[C@H](C(=O)O)CCCN1C(=O)CCNC(=O)Cc1ccccc1. The van der Waals surface area contributed by atoms with Gasteiger partial charge in [-0.05, 0) is 25.3 Å². The molecule has 1 saturated heterocycles. The molecule has 0 aromatic heterocycles. The number of likely N-dealkylation sites (tertiary alicyclic amines) is 1. The van der Waals surface area contributed by atoms with E-state index in [-0.39, 0.29) is 37.2 Å². The Labute approximate surface area is 141 Å². The quantitative estimate of drug-likeness (QED) is 0.825. The molecular formula is C18H24N2O4. The number of nitrogens with zero attached hydrogens (tertiary/aromatic N) is 1. The molecule has 2 amide bonds. The smallest absolute Gasteiger partial charge is 0.308 e. The zero-order valence-electron chi connectivity index (χ0n) is 13.9. The van der Waals surface area contributed by atoms with E-state index >= 15 is 0 Å². The van der Waals surface area contributed by atoms with Crippen molar-refractivity contribution in [2.24, 2.45) is 5.92 Å². The summed E-state index contributed by atoms with van der Waals surface area (Å²) in [6.07, 6.45) is 1.79. The topological polar surface area (TPSA) is 86.7 Å². The lowest BCUT2D eigenvalue weighted by atomic mass is 9.90. The van der Waals surface area contributed by atoms with Gasteiger partial charge in [0.25, 0.3) is 0 Å². The minimum atomic E-state index is -0.851. The van der Waals surface area contributed by atoms with Gasteiger partial charge in [0, 0.05) is 25.6 Å². The van der Waals surface area contributed by atoms with E-state index < -0.39 is 11.9 Å². The molecule has 130 valence electrons. The van der Waals surface area contributed by atoms with Crippen LogP contribution in [0.5, 0.6) is 0 Å². The first-order valence-corrected chi connectivity index (χ1v) is 8.32. The zero-order valence-corrected chi connectivity index (χ0v) is 13.9. The van der Waals surface area contributed by atoms with Gasteiger partial charge < -0.3 is 15.3 Å². The number of rotatable bonds is 6. The Hall–Kier alpha value is -2.37. The first-order chi connectivity index (χ1) is 11.5. The van der Waals surface area contributed by atoms with Gasteiger partial charge >= 0.3 is 5.97 Å². The van der Waals surface area contributed by atoms with E-state index in [1.54, 1.807) is 11.8 Å². The largest absolute Gasteiger partial charge is 0.481 e. The summed E-state index contributed by atoms with van der Waals surface area (Å²) in [6.45, 7) is 2.64. The van der Waals surface area contributed by atoms with Gasteiger partial charge in [0.2, 0.25) is 11.8 Å². The van der Waals surface area contributed by atoms with Crippen LogP contribution in [0.15, 0.2) is 30.3 Å². The molecule has 2 N–H and O–H groups in total. The number of amides is 2. The molecule has 24 heavy (non-hydrogen) atoms. The van der Waals surface area contributed by atoms with Gasteiger partial charge in [-0.1, -0.05) is 30.3 Å². The minimum Gasteiger partial charge on any atom is -0.481 e. The Balaban J connectivity index is 1.76. The average molecular weight is 332 g/mol. The van der Waals surface area contributed by atoms with Crippen LogP contribution in [0.3, 0.4) is 0 Å². The van der Waals surface area contributed by atoms with Crippen LogP contribution in [0.1, 0.15) is 31.7 Å². The molecule has 1 heterocycles. The summed E-state index contributed by atoms with van der Waals surface area (Å²) in [5, 5.41) is 11.9. The molecule has 0 unspecified atom stereocenters. The summed E-state index contributed by atoms with van der Waals surface area (Å²) >= 11 is 0. The van der Waals surface area contributed by atoms with Crippen molar-refractivity contribution in [3.8, 4) is 0 Å². The molecule has 0 spiro atoms. The molecule has 0 aliphatic carbocycles. The van der Waals surface area contributed by atoms with Crippen LogP contribution in [0, 0.1) is 5.92 Å². The third-order valence-corrected chi connectivity index (χ3v) is 4.49. The summed E-state index contributed by atoms with van der Waals surface area (Å²) in [5.41, 5.74) is 0.926. The molecular weight excluding hydrogens is 308 g/mol.